The van der Waals surface area contributed by atoms with Crippen LogP contribution in [-0.2, 0) is 11.8 Å². The molecule has 1 aliphatic rings. The molecule has 280 valence electrons. The van der Waals surface area contributed by atoms with E-state index in [9.17, 15) is 4.79 Å². The summed E-state index contributed by atoms with van der Waals surface area (Å²) in [5, 5.41) is 3.45. The molecule has 0 amide bonds. The van der Waals surface area contributed by atoms with E-state index in [0.717, 1.165) is 94.7 Å². The lowest BCUT2D eigenvalue weighted by molar-refractivity contribution is -0.112. The van der Waals surface area contributed by atoms with Gasteiger partial charge in [0.1, 0.15) is 23.3 Å². The number of fused-ring (bicyclic) bond motifs is 3. The Morgan fingerprint density at radius 3 is 2.46 bits per heavy atom. The Morgan fingerprint density at radius 2 is 1.81 bits per heavy atom. The third-order valence-electron chi connectivity index (χ3n) is 7.64. The maximum atomic E-state index is 10.1. The van der Waals surface area contributed by atoms with Crippen LogP contribution in [0.5, 0.6) is 17.2 Å². The highest BCUT2D eigenvalue weighted by Gasteiger charge is 2.23. The summed E-state index contributed by atoms with van der Waals surface area (Å²) in [7, 11) is 1.98. The summed E-state index contributed by atoms with van der Waals surface area (Å²) >= 11 is 0. The van der Waals surface area contributed by atoms with Crippen molar-refractivity contribution in [2.45, 2.75) is 88.5 Å². The minimum absolute atomic E-state index is 0.127. The highest BCUT2D eigenvalue weighted by molar-refractivity contribution is 5.90. The summed E-state index contributed by atoms with van der Waals surface area (Å²) in [5.74, 6) is 5.21. The lowest BCUT2D eigenvalue weighted by Gasteiger charge is -2.24. The Labute approximate surface area is 310 Å². The number of carbonyl (C=O) groups excluding carboxylic acids is 1. The molecule has 1 atom stereocenters. The zero-order valence-electron chi connectivity index (χ0n) is 33.2. The van der Waals surface area contributed by atoms with Crippen LogP contribution in [0.15, 0.2) is 67.3 Å². The minimum atomic E-state index is 0.127. The normalized spacial score (nSPS) is 13.5. The SMILES string of the molecule is CC.CC(C)C.CC/C=C/C(C)=O.CCCCN1CC(C)COc2cc3ncnc(Nc4ccc(Oc5ccc6c(c5)ncn6C)c(C)c4)c3nc21. The number of rotatable bonds is 9. The molecule has 0 radical (unpaired) electrons. The van der Waals surface area contributed by atoms with Crippen LogP contribution in [0.4, 0.5) is 17.3 Å². The number of nitrogens with one attached hydrogen (secondary N) is 1. The second kappa shape index (κ2) is 20.8. The standard InChI is InChI=1S/C30H33N7O2.C6H10O.C4H10.C2H6/c1-5-6-11-37-15-19(2)16-38-27-14-24-28(35-30(27)37)29(32-17-31-24)34-21-7-10-26(20(3)12-21)39-22-8-9-25-23(13-22)33-18-36(25)4;1-3-4-5-6(2)7;1-4(2)3;1-2/h7-10,12-14,17-19H,5-6,11,15-16H2,1-4H3,(H,31,32,34);4-5H,3H2,1-2H3;4H,1-3H3;1-2H3/b;5-4+;;. The molecule has 1 N–H and O–H groups in total. The topological polar surface area (TPSA) is 107 Å². The maximum absolute atomic E-state index is 10.1. The summed E-state index contributed by atoms with van der Waals surface area (Å²) in [6.07, 6.45) is 9.97. The van der Waals surface area contributed by atoms with Crippen LogP contribution in [0.3, 0.4) is 0 Å². The van der Waals surface area contributed by atoms with Gasteiger partial charge in [0.15, 0.2) is 23.2 Å². The lowest BCUT2D eigenvalue weighted by atomic mass is 10.2. The highest BCUT2D eigenvalue weighted by Crippen LogP contribution is 2.36. The number of aromatic nitrogens is 5. The fourth-order valence-electron chi connectivity index (χ4n) is 5.24. The van der Waals surface area contributed by atoms with Gasteiger partial charge in [-0.15, -0.1) is 0 Å². The zero-order valence-corrected chi connectivity index (χ0v) is 33.2. The molecule has 52 heavy (non-hydrogen) atoms. The number of ketones is 1. The number of hydrogen-bond donors (Lipinski definition) is 1. The molecule has 0 bridgehead atoms. The van der Waals surface area contributed by atoms with Crippen molar-refractivity contribution in [3.05, 3.63) is 72.8 Å². The van der Waals surface area contributed by atoms with Crippen LogP contribution in [-0.4, -0.2) is 50.0 Å². The molecule has 0 fully saturated rings. The molecular formula is C42H59N7O3. The van der Waals surface area contributed by atoms with E-state index in [-0.39, 0.29) is 5.78 Å². The average Bonchev–Trinajstić information content (AvgIpc) is 3.41. The summed E-state index contributed by atoms with van der Waals surface area (Å²) in [5.41, 5.74) is 5.32. The predicted octanol–water partition coefficient (Wildman–Crippen LogP) is 10.6. The molecule has 0 aliphatic carbocycles. The largest absolute Gasteiger partial charge is 0.489 e. The number of carbonyl (C=O) groups is 1. The van der Waals surface area contributed by atoms with Crippen molar-refractivity contribution in [2.24, 2.45) is 18.9 Å². The summed E-state index contributed by atoms with van der Waals surface area (Å²) in [6.45, 7) is 23.0. The second-order valence-corrected chi connectivity index (χ2v) is 13.5. The lowest BCUT2D eigenvalue weighted by Crippen LogP contribution is -2.30. The number of imidazole rings is 1. The quantitative estimate of drug-likeness (QED) is 0.150. The van der Waals surface area contributed by atoms with Gasteiger partial charge >= 0.3 is 0 Å². The molecular weight excluding hydrogens is 651 g/mol. The van der Waals surface area contributed by atoms with Gasteiger partial charge in [-0.2, -0.15) is 0 Å². The van der Waals surface area contributed by atoms with Crippen molar-refractivity contribution in [1.82, 2.24) is 24.5 Å². The Morgan fingerprint density at radius 1 is 1.06 bits per heavy atom. The van der Waals surface area contributed by atoms with E-state index in [1.54, 1.807) is 25.7 Å². The van der Waals surface area contributed by atoms with Crippen LogP contribution in [0, 0.1) is 18.8 Å². The number of hydrogen-bond acceptors (Lipinski definition) is 9. The van der Waals surface area contributed by atoms with Crippen LogP contribution < -0.4 is 19.7 Å². The summed E-state index contributed by atoms with van der Waals surface area (Å²) in [6, 6.07) is 13.9. The van der Waals surface area contributed by atoms with Gasteiger partial charge in [-0.1, -0.05) is 67.9 Å². The Kier molecular flexibility index (Phi) is 16.5. The van der Waals surface area contributed by atoms with Gasteiger partial charge in [-0.3, -0.25) is 4.79 Å². The summed E-state index contributed by atoms with van der Waals surface area (Å²) < 4.78 is 14.3. The number of allylic oxidation sites excluding steroid dienone is 2. The first-order valence-corrected chi connectivity index (χ1v) is 18.7. The second-order valence-electron chi connectivity index (χ2n) is 13.5. The average molecular weight is 710 g/mol. The fourth-order valence-corrected chi connectivity index (χ4v) is 5.24. The Bertz CT molecular complexity index is 1900. The number of pyridine rings is 1. The van der Waals surface area contributed by atoms with Crippen molar-refractivity contribution in [3.8, 4) is 17.2 Å². The van der Waals surface area contributed by atoms with E-state index in [0.29, 0.717) is 18.3 Å². The van der Waals surface area contributed by atoms with Gasteiger partial charge < -0.3 is 24.3 Å². The van der Waals surface area contributed by atoms with Gasteiger partial charge in [0.2, 0.25) is 0 Å². The Hall–Kier alpha value is -4.99. The number of nitrogens with zero attached hydrogens (tertiary/aromatic N) is 6. The van der Waals surface area contributed by atoms with Gasteiger partial charge in [-0.05, 0) is 74.6 Å². The minimum Gasteiger partial charge on any atom is -0.489 e. The van der Waals surface area contributed by atoms with Crippen molar-refractivity contribution in [2.75, 3.05) is 29.9 Å². The molecule has 10 heteroatoms. The third kappa shape index (κ3) is 12.1. The summed E-state index contributed by atoms with van der Waals surface area (Å²) in [4.78, 5) is 31.0. The predicted molar refractivity (Wildman–Crippen MR) is 216 cm³/mol. The molecule has 10 nitrogen and oxygen atoms in total. The molecule has 0 saturated carbocycles. The fraction of sp³-hybridized carbons (Fsp3) is 0.452. The molecule has 2 aromatic carbocycles. The van der Waals surface area contributed by atoms with Crippen molar-refractivity contribution < 1.29 is 14.3 Å². The molecule has 1 aliphatic heterocycles. The van der Waals surface area contributed by atoms with Gasteiger partial charge in [0.05, 0.1) is 29.5 Å². The van der Waals surface area contributed by atoms with E-state index >= 15 is 0 Å². The van der Waals surface area contributed by atoms with Crippen molar-refractivity contribution in [1.29, 1.82) is 0 Å². The van der Waals surface area contributed by atoms with E-state index in [1.807, 2.05) is 87.9 Å². The molecule has 0 saturated heterocycles. The smallest absolute Gasteiger partial charge is 0.172 e. The molecule has 5 aromatic rings. The van der Waals surface area contributed by atoms with Crippen LogP contribution in [0.1, 0.15) is 87.1 Å². The maximum Gasteiger partial charge on any atom is 0.172 e. The molecule has 6 rings (SSSR count). The number of unbranched alkanes of at least 4 members (excludes halogenated alkanes) is 1. The molecule has 0 spiro atoms. The van der Waals surface area contributed by atoms with Crippen molar-refractivity contribution in [3.63, 3.8) is 0 Å². The van der Waals surface area contributed by atoms with E-state index < -0.39 is 0 Å². The van der Waals surface area contributed by atoms with Crippen LogP contribution in [0.2, 0.25) is 0 Å². The van der Waals surface area contributed by atoms with Crippen LogP contribution >= 0.6 is 0 Å². The molecule has 3 aromatic heterocycles. The van der Waals surface area contributed by atoms with Gasteiger partial charge in [0, 0.05) is 43.9 Å². The monoisotopic (exact) mass is 709 g/mol. The van der Waals surface area contributed by atoms with Crippen LogP contribution in [0.25, 0.3) is 22.1 Å². The Balaban J connectivity index is 0.000000486. The number of aryl methyl sites for hydroxylation is 2. The van der Waals surface area contributed by atoms with Crippen molar-refractivity contribution >= 4 is 45.2 Å². The number of benzene rings is 2. The number of anilines is 3. The zero-order chi connectivity index (χ0) is 38.2. The first kappa shape index (κ1) is 41.4. The number of ether oxygens (including phenoxy) is 2. The highest BCUT2D eigenvalue weighted by atomic mass is 16.5. The molecule has 1 unspecified atom stereocenters. The van der Waals surface area contributed by atoms with E-state index in [1.165, 1.54) is 0 Å². The van der Waals surface area contributed by atoms with E-state index in [2.05, 4.69) is 59.8 Å². The molecule has 4 heterocycles. The van der Waals surface area contributed by atoms with E-state index in [4.69, 9.17) is 14.5 Å². The van der Waals surface area contributed by atoms with Gasteiger partial charge in [0.25, 0.3) is 0 Å². The van der Waals surface area contributed by atoms with Gasteiger partial charge in [-0.25, -0.2) is 19.9 Å². The first-order valence-electron chi connectivity index (χ1n) is 18.7. The first-order chi connectivity index (χ1) is 25.0. The third-order valence-corrected chi connectivity index (χ3v) is 7.64.